The van der Waals surface area contributed by atoms with Gasteiger partial charge in [0.2, 0.25) is 5.91 Å². The van der Waals surface area contributed by atoms with E-state index in [2.05, 4.69) is 5.10 Å². The van der Waals surface area contributed by atoms with Gasteiger partial charge in [-0.2, -0.15) is 5.10 Å². The highest BCUT2D eigenvalue weighted by atomic mass is 16.5. The number of carbonyl (C=O) groups excluding carboxylic acids is 2. The maximum atomic E-state index is 12.4. The third-order valence-electron chi connectivity index (χ3n) is 3.36. The van der Waals surface area contributed by atoms with E-state index in [1.54, 1.807) is 16.8 Å². The highest BCUT2D eigenvalue weighted by molar-refractivity contribution is 5.97. The lowest BCUT2D eigenvalue weighted by Crippen LogP contribution is -2.51. The van der Waals surface area contributed by atoms with E-state index in [4.69, 9.17) is 10.5 Å². The van der Waals surface area contributed by atoms with Gasteiger partial charge in [0.05, 0.1) is 11.9 Å². The molecule has 20 heavy (non-hydrogen) atoms. The number of anilines is 1. The van der Waals surface area contributed by atoms with Crippen LogP contribution in [-0.2, 0) is 16.6 Å². The van der Waals surface area contributed by atoms with Crippen molar-refractivity contribution in [2.24, 2.45) is 7.05 Å². The molecule has 1 aromatic heterocycles. The molecule has 2 N–H and O–H groups in total. The summed E-state index contributed by atoms with van der Waals surface area (Å²) in [6.45, 7) is 2.05. The van der Waals surface area contributed by atoms with Crippen molar-refractivity contribution < 1.29 is 14.3 Å². The van der Waals surface area contributed by atoms with Crippen LogP contribution in [0.2, 0.25) is 0 Å². The van der Waals surface area contributed by atoms with Gasteiger partial charge in [0.15, 0.2) is 0 Å². The normalized spacial score (nSPS) is 15.5. The molecule has 110 valence electrons. The minimum atomic E-state index is -0.152. The van der Waals surface area contributed by atoms with Crippen molar-refractivity contribution in [1.29, 1.82) is 0 Å². The molecular formula is C12H19N5O3. The van der Waals surface area contributed by atoms with Crippen LogP contribution in [0.1, 0.15) is 10.5 Å². The lowest BCUT2D eigenvalue weighted by atomic mass is 10.2. The third-order valence-corrected chi connectivity index (χ3v) is 3.36. The van der Waals surface area contributed by atoms with E-state index in [0.29, 0.717) is 37.6 Å². The zero-order chi connectivity index (χ0) is 14.7. The lowest BCUT2D eigenvalue weighted by Gasteiger charge is -2.34. The molecule has 0 saturated carbocycles. The fourth-order valence-corrected chi connectivity index (χ4v) is 2.24. The van der Waals surface area contributed by atoms with Crippen LogP contribution < -0.4 is 5.73 Å². The van der Waals surface area contributed by atoms with E-state index >= 15 is 0 Å². The number of hydrogen-bond acceptors (Lipinski definition) is 5. The van der Waals surface area contributed by atoms with Gasteiger partial charge in [-0.1, -0.05) is 0 Å². The maximum absolute atomic E-state index is 12.4. The monoisotopic (exact) mass is 281 g/mol. The first-order valence-corrected chi connectivity index (χ1v) is 6.38. The van der Waals surface area contributed by atoms with E-state index in [9.17, 15) is 9.59 Å². The van der Waals surface area contributed by atoms with Gasteiger partial charge in [0, 0.05) is 40.3 Å². The molecule has 2 rings (SSSR count). The molecule has 1 aliphatic heterocycles. The van der Waals surface area contributed by atoms with Crippen molar-refractivity contribution in [3.05, 3.63) is 11.9 Å². The van der Waals surface area contributed by atoms with Gasteiger partial charge in [-0.3, -0.25) is 14.3 Å². The minimum absolute atomic E-state index is 0.0559. The molecule has 2 heterocycles. The molecule has 0 bridgehead atoms. The fourth-order valence-electron chi connectivity index (χ4n) is 2.24. The number of rotatable bonds is 3. The third kappa shape index (κ3) is 2.74. The molecule has 2 amide bonds. The van der Waals surface area contributed by atoms with E-state index in [1.165, 1.54) is 18.0 Å². The molecule has 1 fully saturated rings. The lowest BCUT2D eigenvalue weighted by molar-refractivity contribution is -0.136. The van der Waals surface area contributed by atoms with E-state index < -0.39 is 0 Å². The van der Waals surface area contributed by atoms with Crippen LogP contribution in [0, 0.1) is 0 Å². The van der Waals surface area contributed by atoms with Gasteiger partial charge < -0.3 is 20.3 Å². The van der Waals surface area contributed by atoms with Crippen LogP contribution >= 0.6 is 0 Å². The molecule has 0 unspecified atom stereocenters. The Morgan fingerprint density at radius 2 is 1.90 bits per heavy atom. The summed E-state index contributed by atoms with van der Waals surface area (Å²) in [4.78, 5) is 27.4. The summed E-state index contributed by atoms with van der Waals surface area (Å²) in [6.07, 6.45) is 1.46. The summed E-state index contributed by atoms with van der Waals surface area (Å²) in [6, 6.07) is 0. The Morgan fingerprint density at radius 3 is 2.40 bits per heavy atom. The standard InChI is InChI=1S/C12H19N5O3/c1-15-11(9(13)7-14-15)12(19)17-5-3-16(4-6-17)10(18)8-20-2/h7H,3-6,8,13H2,1-2H3. The van der Waals surface area contributed by atoms with Crippen LogP contribution in [0.3, 0.4) is 0 Å². The Kier molecular flexibility index (Phi) is 4.23. The number of carbonyl (C=O) groups is 2. The summed E-state index contributed by atoms with van der Waals surface area (Å²) >= 11 is 0. The molecule has 0 radical (unpaired) electrons. The van der Waals surface area contributed by atoms with Gasteiger partial charge in [-0.05, 0) is 0 Å². The Hall–Kier alpha value is -2.09. The van der Waals surface area contributed by atoms with Gasteiger partial charge >= 0.3 is 0 Å². The van der Waals surface area contributed by atoms with E-state index in [-0.39, 0.29) is 18.4 Å². The number of methoxy groups -OCH3 is 1. The van der Waals surface area contributed by atoms with Gasteiger partial charge in [0.1, 0.15) is 12.3 Å². The molecule has 0 spiro atoms. The number of amides is 2. The Bertz CT molecular complexity index is 486. The van der Waals surface area contributed by atoms with Gasteiger partial charge in [-0.25, -0.2) is 0 Å². The first-order chi connectivity index (χ1) is 9.54. The summed E-state index contributed by atoms with van der Waals surface area (Å²) < 4.78 is 6.29. The number of nitrogen functional groups attached to an aromatic ring is 1. The Morgan fingerprint density at radius 1 is 1.30 bits per heavy atom. The first-order valence-electron chi connectivity index (χ1n) is 6.38. The molecule has 1 saturated heterocycles. The van der Waals surface area contributed by atoms with Crippen LogP contribution in [-0.4, -0.2) is 71.3 Å². The van der Waals surface area contributed by atoms with Crippen LogP contribution in [0.5, 0.6) is 0 Å². The number of aryl methyl sites for hydroxylation is 1. The molecule has 0 aromatic carbocycles. The zero-order valence-electron chi connectivity index (χ0n) is 11.7. The second-order valence-corrected chi connectivity index (χ2v) is 4.68. The Labute approximate surface area is 117 Å². The van der Waals surface area contributed by atoms with Crippen molar-refractivity contribution in [2.75, 3.05) is 45.6 Å². The SMILES string of the molecule is COCC(=O)N1CCN(C(=O)c2c(N)cnn2C)CC1. The molecule has 1 aromatic rings. The first kappa shape index (κ1) is 14.3. The number of piperazine rings is 1. The smallest absolute Gasteiger partial charge is 0.274 e. The van der Waals surface area contributed by atoms with E-state index in [0.717, 1.165) is 0 Å². The minimum Gasteiger partial charge on any atom is -0.396 e. The molecular weight excluding hydrogens is 262 g/mol. The second-order valence-electron chi connectivity index (χ2n) is 4.68. The predicted molar refractivity (Wildman–Crippen MR) is 72.0 cm³/mol. The van der Waals surface area contributed by atoms with Gasteiger partial charge in [0.25, 0.3) is 5.91 Å². The number of ether oxygens (including phenoxy) is 1. The van der Waals surface area contributed by atoms with Crippen LogP contribution in [0.15, 0.2) is 6.20 Å². The Balaban J connectivity index is 1.97. The molecule has 0 atom stereocenters. The predicted octanol–water partition coefficient (Wildman–Crippen LogP) is -1.07. The summed E-state index contributed by atoms with van der Waals surface area (Å²) in [7, 11) is 3.17. The highest BCUT2D eigenvalue weighted by Gasteiger charge is 2.27. The average molecular weight is 281 g/mol. The van der Waals surface area contributed by atoms with Crippen LogP contribution in [0.4, 0.5) is 5.69 Å². The van der Waals surface area contributed by atoms with Crippen molar-refractivity contribution in [3.8, 4) is 0 Å². The molecule has 1 aliphatic rings. The average Bonchev–Trinajstić information content (AvgIpc) is 2.78. The van der Waals surface area contributed by atoms with Crippen molar-refractivity contribution in [1.82, 2.24) is 19.6 Å². The van der Waals surface area contributed by atoms with Crippen molar-refractivity contribution in [3.63, 3.8) is 0 Å². The van der Waals surface area contributed by atoms with Crippen molar-refractivity contribution in [2.45, 2.75) is 0 Å². The number of nitrogens with zero attached hydrogens (tertiary/aromatic N) is 4. The van der Waals surface area contributed by atoms with Gasteiger partial charge in [-0.15, -0.1) is 0 Å². The second kappa shape index (κ2) is 5.91. The number of aromatic nitrogens is 2. The summed E-state index contributed by atoms with van der Waals surface area (Å²) in [5, 5.41) is 3.96. The maximum Gasteiger partial charge on any atom is 0.274 e. The molecule has 8 heteroatoms. The molecule has 0 aliphatic carbocycles. The quantitative estimate of drug-likeness (QED) is 0.761. The number of nitrogens with two attached hydrogens (primary N) is 1. The topological polar surface area (TPSA) is 93.7 Å². The van der Waals surface area contributed by atoms with Crippen LogP contribution in [0.25, 0.3) is 0 Å². The number of hydrogen-bond donors (Lipinski definition) is 1. The highest BCUT2D eigenvalue weighted by Crippen LogP contribution is 2.14. The van der Waals surface area contributed by atoms with Crippen molar-refractivity contribution >= 4 is 17.5 Å². The fraction of sp³-hybridized carbons (Fsp3) is 0.583. The largest absolute Gasteiger partial charge is 0.396 e. The van der Waals surface area contributed by atoms with E-state index in [1.807, 2.05) is 0 Å². The molecule has 8 nitrogen and oxygen atoms in total. The zero-order valence-corrected chi connectivity index (χ0v) is 11.7. The summed E-state index contributed by atoms with van der Waals surface area (Å²) in [5.41, 5.74) is 6.51. The summed E-state index contributed by atoms with van der Waals surface area (Å²) in [5.74, 6) is -0.207.